The van der Waals surface area contributed by atoms with Crippen molar-refractivity contribution in [2.45, 2.75) is 115 Å². The number of fused-ring (bicyclic) bond motifs is 3. The van der Waals surface area contributed by atoms with Gasteiger partial charge in [0.2, 0.25) is 0 Å². The Labute approximate surface area is 246 Å². The van der Waals surface area contributed by atoms with Gasteiger partial charge in [0.15, 0.2) is 0 Å². The molecule has 0 spiro atoms. The van der Waals surface area contributed by atoms with Crippen molar-refractivity contribution in [3.05, 3.63) is 66.0 Å². The highest BCUT2D eigenvalue weighted by atomic mass is 16.2. The molecule has 6 nitrogen and oxygen atoms in total. The average molecular weight is 556 g/mol. The lowest BCUT2D eigenvalue weighted by Crippen LogP contribution is -2.54. The SMILES string of the molecule is Cc1nc2ccccc2n1C1CC2CC[C@H](C1)N2CCC1(c2ccccc2)CCN(C(=O)N(C(C)C)C(C)C)CC1. The summed E-state index contributed by atoms with van der Waals surface area (Å²) >= 11 is 0. The highest BCUT2D eigenvalue weighted by Gasteiger charge is 2.44. The van der Waals surface area contributed by atoms with E-state index in [0.29, 0.717) is 18.1 Å². The number of nitrogens with zero attached hydrogens (tertiary/aromatic N) is 5. The first kappa shape index (κ1) is 28.3. The van der Waals surface area contributed by atoms with Crippen molar-refractivity contribution in [1.29, 1.82) is 0 Å². The fourth-order valence-corrected chi connectivity index (χ4v) is 8.59. The molecule has 0 N–H and O–H groups in total. The molecule has 3 aliphatic heterocycles. The maximum Gasteiger partial charge on any atom is 0.320 e. The molecule has 2 unspecified atom stereocenters. The van der Waals surface area contributed by atoms with E-state index in [9.17, 15) is 4.79 Å². The van der Waals surface area contributed by atoms with E-state index in [1.807, 2.05) is 4.90 Å². The second kappa shape index (κ2) is 11.4. The number of para-hydroxylation sites is 2. The Kier molecular flexibility index (Phi) is 7.88. The minimum atomic E-state index is 0.131. The van der Waals surface area contributed by atoms with Crippen LogP contribution in [0.4, 0.5) is 4.79 Å². The van der Waals surface area contributed by atoms with Gasteiger partial charge < -0.3 is 14.4 Å². The molecule has 3 atom stereocenters. The second-order valence-corrected chi connectivity index (χ2v) is 13.5. The molecule has 2 aromatic carbocycles. The molecule has 2 amide bonds. The number of carbonyl (C=O) groups excluding carboxylic acids is 1. The molecule has 1 aromatic heterocycles. The number of hydrogen-bond acceptors (Lipinski definition) is 3. The van der Waals surface area contributed by atoms with Crippen molar-refractivity contribution in [3.63, 3.8) is 0 Å². The number of benzene rings is 2. The maximum atomic E-state index is 13.5. The summed E-state index contributed by atoms with van der Waals surface area (Å²) in [6.07, 6.45) is 8.32. The number of imidazole rings is 1. The van der Waals surface area contributed by atoms with Crippen molar-refractivity contribution in [2.75, 3.05) is 19.6 Å². The van der Waals surface area contributed by atoms with Gasteiger partial charge in [0.25, 0.3) is 0 Å². The molecule has 0 radical (unpaired) electrons. The number of aromatic nitrogens is 2. The summed E-state index contributed by atoms with van der Waals surface area (Å²) < 4.78 is 2.54. The van der Waals surface area contributed by atoms with Gasteiger partial charge in [-0.3, -0.25) is 4.90 Å². The van der Waals surface area contributed by atoms with Crippen LogP contribution in [0, 0.1) is 6.92 Å². The molecule has 6 rings (SSSR count). The Bertz CT molecular complexity index is 1320. The van der Waals surface area contributed by atoms with Crippen molar-refractivity contribution in [1.82, 2.24) is 24.3 Å². The fourth-order valence-electron chi connectivity index (χ4n) is 8.59. The third-order valence-electron chi connectivity index (χ3n) is 10.6. The van der Waals surface area contributed by atoms with Gasteiger partial charge >= 0.3 is 6.03 Å². The van der Waals surface area contributed by atoms with Crippen LogP contribution in [-0.2, 0) is 5.41 Å². The van der Waals surface area contributed by atoms with Gasteiger partial charge in [-0.25, -0.2) is 9.78 Å². The molecule has 220 valence electrons. The van der Waals surface area contributed by atoms with E-state index in [-0.39, 0.29) is 23.5 Å². The molecule has 41 heavy (non-hydrogen) atoms. The molecule has 3 fully saturated rings. The van der Waals surface area contributed by atoms with Gasteiger partial charge in [-0.1, -0.05) is 42.5 Å². The average Bonchev–Trinajstić information content (AvgIpc) is 3.42. The predicted molar refractivity (Wildman–Crippen MR) is 167 cm³/mol. The van der Waals surface area contributed by atoms with E-state index in [2.05, 4.69) is 104 Å². The van der Waals surface area contributed by atoms with Crippen LogP contribution in [0.5, 0.6) is 0 Å². The third kappa shape index (κ3) is 5.29. The Hall–Kier alpha value is -2.86. The van der Waals surface area contributed by atoms with Gasteiger partial charge in [0.05, 0.1) is 11.0 Å². The van der Waals surface area contributed by atoms with Crippen LogP contribution in [0.15, 0.2) is 54.6 Å². The van der Waals surface area contributed by atoms with Crippen LogP contribution >= 0.6 is 0 Å². The number of urea groups is 1. The normalized spacial score (nSPS) is 24.5. The van der Waals surface area contributed by atoms with Crippen molar-refractivity contribution in [2.24, 2.45) is 0 Å². The zero-order valence-electron chi connectivity index (χ0n) is 25.8. The lowest BCUT2D eigenvalue weighted by molar-refractivity contribution is 0.0773. The highest BCUT2D eigenvalue weighted by Crippen LogP contribution is 2.45. The Morgan fingerprint density at radius 2 is 1.51 bits per heavy atom. The molecular weight excluding hydrogens is 506 g/mol. The highest BCUT2D eigenvalue weighted by molar-refractivity contribution is 5.76. The zero-order chi connectivity index (χ0) is 28.7. The molecule has 4 heterocycles. The summed E-state index contributed by atoms with van der Waals surface area (Å²) in [7, 11) is 0. The van der Waals surface area contributed by atoms with E-state index in [1.54, 1.807) is 0 Å². The summed E-state index contributed by atoms with van der Waals surface area (Å²) in [5, 5.41) is 0. The number of rotatable bonds is 7. The van der Waals surface area contributed by atoms with Crippen LogP contribution < -0.4 is 0 Å². The number of hydrogen-bond donors (Lipinski definition) is 0. The molecule has 0 aliphatic carbocycles. The van der Waals surface area contributed by atoms with Crippen LogP contribution in [0.25, 0.3) is 11.0 Å². The van der Waals surface area contributed by atoms with E-state index in [4.69, 9.17) is 4.98 Å². The van der Waals surface area contributed by atoms with Gasteiger partial charge in [-0.05, 0) is 109 Å². The van der Waals surface area contributed by atoms with Crippen LogP contribution in [0.1, 0.15) is 90.1 Å². The topological polar surface area (TPSA) is 44.6 Å². The maximum absolute atomic E-state index is 13.5. The van der Waals surface area contributed by atoms with E-state index in [0.717, 1.165) is 43.8 Å². The minimum absolute atomic E-state index is 0.131. The van der Waals surface area contributed by atoms with Gasteiger partial charge in [0.1, 0.15) is 5.82 Å². The standard InChI is InChI=1S/C35H49N5O/c1-25(2)39(26(3)4)34(41)37-20-17-35(18-21-37,28-11-7-6-8-12-28)19-22-38-29-15-16-30(38)24-31(23-29)40-27(5)36-32-13-9-10-14-33(32)40/h6-14,25-26,29-31H,15-24H2,1-5H3/t29-,30?,31?/m1/s1. The number of amides is 2. The smallest absolute Gasteiger partial charge is 0.320 e. The Morgan fingerprint density at radius 1 is 0.902 bits per heavy atom. The second-order valence-electron chi connectivity index (χ2n) is 13.5. The number of piperidine rings is 2. The van der Waals surface area contributed by atoms with E-state index >= 15 is 0 Å². The van der Waals surface area contributed by atoms with Crippen molar-refractivity contribution >= 4 is 17.1 Å². The zero-order valence-corrected chi connectivity index (χ0v) is 25.8. The van der Waals surface area contributed by atoms with E-state index in [1.165, 1.54) is 43.2 Å². The van der Waals surface area contributed by atoms with Crippen LogP contribution in [-0.4, -0.2) is 74.1 Å². The van der Waals surface area contributed by atoms with Gasteiger partial charge in [-0.15, -0.1) is 0 Å². The summed E-state index contributed by atoms with van der Waals surface area (Å²) in [5.74, 6) is 1.15. The monoisotopic (exact) mass is 555 g/mol. The molecule has 3 aliphatic rings. The largest absolute Gasteiger partial charge is 0.325 e. The molecule has 3 saturated heterocycles. The fraction of sp³-hybridized carbons (Fsp3) is 0.600. The minimum Gasteiger partial charge on any atom is -0.325 e. The Balaban J connectivity index is 1.16. The first-order chi connectivity index (χ1) is 19.8. The molecule has 2 bridgehead atoms. The molecule has 6 heteroatoms. The van der Waals surface area contributed by atoms with E-state index < -0.39 is 0 Å². The lowest BCUT2D eigenvalue weighted by atomic mass is 9.70. The van der Waals surface area contributed by atoms with Crippen LogP contribution in [0.2, 0.25) is 0 Å². The third-order valence-corrected chi connectivity index (χ3v) is 10.6. The van der Waals surface area contributed by atoms with Crippen molar-refractivity contribution < 1.29 is 4.79 Å². The summed E-state index contributed by atoms with van der Waals surface area (Å²) in [4.78, 5) is 25.4. The van der Waals surface area contributed by atoms with Gasteiger partial charge in [-0.2, -0.15) is 0 Å². The summed E-state index contributed by atoms with van der Waals surface area (Å²) in [6.45, 7) is 13.5. The number of likely N-dealkylation sites (tertiary alicyclic amines) is 1. The molecular formula is C35H49N5O. The van der Waals surface area contributed by atoms with Crippen molar-refractivity contribution in [3.8, 4) is 0 Å². The first-order valence-electron chi connectivity index (χ1n) is 16.1. The Morgan fingerprint density at radius 3 is 2.15 bits per heavy atom. The summed E-state index contributed by atoms with van der Waals surface area (Å²) in [5.41, 5.74) is 4.01. The quantitative estimate of drug-likeness (QED) is 0.310. The van der Waals surface area contributed by atoms with Crippen LogP contribution in [0.3, 0.4) is 0 Å². The summed E-state index contributed by atoms with van der Waals surface area (Å²) in [6, 6.07) is 22.3. The lowest BCUT2D eigenvalue weighted by Gasteiger charge is -2.47. The number of carbonyl (C=O) groups is 1. The molecule has 3 aromatic rings. The van der Waals surface area contributed by atoms with Gasteiger partial charge in [0, 0.05) is 43.3 Å². The number of aryl methyl sites for hydroxylation is 1. The molecule has 0 saturated carbocycles. The first-order valence-corrected chi connectivity index (χ1v) is 16.1. The predicted octanol–water partition coefficient (Wildman–Crippen LogP) is 7.18.